The zero-order valence-electron chi connectivity index (χ0n) is 19.8. The molecule has 3 fully saturated rings. The molecule has 32 heavy (non-hydrogen) atoms. The predicted octanol–water partition coefficient (Wildman–Crippen LogP) is 9.12. The molecule has 0 bridgehead atoms. The zero-order valence-corrected chi connectivity index (χ0v) is 21.8. The minimum Gasteiger partial charge on any atom is -0.121 e. The highest BCUT2D eigenvalue weighted by Gasteiger charge is 2.49. The zero-order chi connectivity index (χ0) is 21.8. The molecule has 0 saturated heterocycles. The van der Waals surface area contributed by atoms with Crippen molar-refractivity contribution in [3.63, 3.8) is 0 Å². The SMILES string of the molecule is PC(c1ccccc1)(c1ccccc1)[C@@H]1CCC[C@@H]1P(C1CCCCC1)C1CCCCC1. The average molecular weight is 465 g/mol. The highest BCUT2D eigenvalue weighted by molar-refractivity contribution is 7.60. The first kappa shape index (κ1) is 23.1. The summed E-state index contributed by atoms with van der Waals surface area (Å²) in [5.41, 5.74) is 6.06. The molecule has 0 amide bonds. The molecule has 1 unspecified atom stereocenters. The summed E-state index contributed by atoms with van der Waals surface area (Å²) in [7, 11) is 3.55. The molecule has 0 aliphatic heterocycles. The summed E-state index contributed by atoms with van der Waals surface area (Å²) in [5, 5.41) is 0.0492. The number of rotatable bonds is 6. The molecular formula is C30H42P2. The molecule has 5 rings (SSSR count). The van der Waals surface area contributed by atoms with Crippen molar-refractivity contribution < 1.29 is 0 Å². The van der Waals surface area contributed by atoms with Crippen LogP contribution >= 0.6 is 17.2 Å². The predicted molar refractivity (Wildman–Crippen MR) is 145 cm³/mol. The van der Waals surface area contributed by atoms with Gasteiger partial charge in [-0.25, -0.2) is 0 Å². The topological polar surface area (TPSA) is 0 Å². The van der Waals surface area contributed by atoms with E-state index in [1.165, 1.54) is 94.6 Å². The summed E-state index contributed by atoms with van der Waals surface area (Å²) in [4.78, 5) is 0. The molecule has 2 aromatic carbocycles. The van der Waals surface area contributed by atoms with Gasteiger partial charge < -0.3 is 0 Å². The van der Waals surface area contributed by atoms with E-state index in [1.54, 1.807) is 0 Å². The minimum absolute atomic E-state index is 0.0492. The molecule has 3 saturated carbocycles. The first-order valence-corrected chi connectivity index (χ1v) is 15.6. The summed E-state index contributed by atoms with van der Waals surface area (Å²) in [5.74, 6) is 0.757. The van der Waals surface area contributed by atoms with Crippen molar-refractivity contribution in [2.75, 3.05) is 0 Å². The standard InChI is InChI=1S/C30H42P2/c31-30(24-14-5-1-6-15-24,25-16-7-2-8-17-25)28-22-13-23-29(28)32(26-18-9-3-10-19-26)27-20-11-4-12-21-27/h1-2,5-8,14-17,26-29H,3-4,9-13,18-23,31H2/t28-,29+/m1/s1. The number of hydrogen-bond acceptors (Lipinski definition) is 0. The minimum atomic E-state index is 0.0492. The molecule has 3 atom stereocenters. The largest absolute Gasteiger partial charge is 0.121 e. The first-order valence-electron chi connectivity index (χ1n) is 13.5. The number of hydrogen-bond donors (Lipinski definition) is 0. The third kappa shape index (κ3) is 4.62. The quantitative estimate of drug-likeness (QED) is 0.374. The van der Waals surface area contributed by atoms with Crippen LogP contribution in [0.15, 0.2) is 60.7 Å². The average Bonchev–Trinajstić information content (AvgIpc) is 3.36. The van der Waals surface area contributed by atoms with Crippen molar-refractivity contribution in [3.8, 4) is 0 Å². The van der Waals surface area contributed by atoms with Crippen LogP contribution < -0.4 is 0 Å². The summed E-state index contributed by atoms with van der Waals surface area (Å²) in [6, 6.07) is 23.0. The molecule has 3 aliphatic carbocycles. The first-order chi connectivity index (χ1) is 15.8. The molecule has 0 N–H and O–H groups in total. The lowest BCUT2D eigenvalue weighted by Gasteiger charge is -2.48. The molecule has 0 aromatic heterocycles. The van der Waals surface area contributed by atoms with Gasteiger partial charge in [-0.1, -0.05) is 114 Å². The Bertz CT molecular complexity index is 763. The lowest BCUT2D eigenvalue weighted by molar-refractivity contribution is 0.432. The van der Waals surface area contributed by atoms with E-state index in [0.717, 1.165) is 22.9 Å². The Balaban J connectivity index is 1.55. The molecular weight excluding hydrogens is 422 g/mol. The van der Waals surface area contributed by atoms with Crippen molar-refractivity contribution in [2.45, 2.75) is 106 Å². The molecule has 0 nitrogen and oxygen atoms in total. The van der Waals surface area contributed by atoms with Gasteiger partial charge in [-0.15, -0.1) is 9.24 Å². The molecule has 2 heteroatoms. The van der Waals surface area contributed by atoms with Crippen molar-refractivity contribution in [1.82, 2.24) is 0 Å². The summed E-state index contributed by atoms with van der Waals surface area (Å²) >= 11 is 0. The fourth-order valence-corrected chi connectivity index (χ4v) is 13.3. The van der Waals surface area contributed by atoms with E-state index in [0.29, 0.717) is 0 Å². The van der Waals surface area contributed by atoms with Crippen LogP contribution in [0.3, 0.4) is 0 Å². The van der Waals surface area contributed by atoms with E-state index >= 15 is 0 Å². The van der Waals surface area contributed by atoms with E-state index in [-0.39, 0.29) is 13.1 Å². The van der Waals surface area contributed by atoms with Gasteiger partial charge in [0.25, 0.3) is 0 Å². The Hall–Kier alpha value is -0.700. The van der Waals surface area contributed by atoms with Crippen LogP contribution in [-0.2, 0) is 5.16 Å². The van der Waals surface area contributed by atoms with Gasteiger partial charge in [-0.2, -0.15) is 0 Å². The highest BCUT2D eigenvalue weighted by atomic mass is 31.1. The third-order valence-corrected chi connectivity index (χ3v) is 14.1. The van der Waals surface area contributed by atoms with Crippen LogP contribution in [0.1, 0.15) is 94.6 Å². The van der Waals surface area contributed by atoms with Crippen LogP contribution in [0.4, 0.5) is 0 Å². The van der Waals surface area contributed by atoms with Crippen molar-refractivity contribution >= 4 is 17.2 Å². The second-order valence-corrected chi connectivity index (χ2v) is 14.7. The molecule has 172 valence electrons. The maximum atomic E-state index is 3.45. The van der Waals surface area contributed by atoms with E-state index in [4.69, 9.17) is 0 Å². The van der Waals surface area contributed by atoms with Gasteiger partial charge in [0, 0.05) is 5.16 Å². The Morgan fingerprint density at radius 1 is 0.562 bits per heavy atom. The maximum Gasteiger partial charge on any atom is 0.0378 e. The summed E-state index contributed by atoms with van der Waals surface area (Å²) < 4.78 is 0. The number of benzene rings is 2. The Morgan fingerprint density at radius 3 is 1.50 bits per heavy atom. The Labute approximate surface area is 200 Å². The molecule has 0 spiro atoms. The molecule has 3 aliphatic rings. The fraction of sp³-hybridized carbons (Fsp3) is 0.600. The van der Waals surface area contributed by atoms with E-state index in [2.05, 4.69) is 69.9 Å². The summed E-state index contributed by atoms with van der Waals surface area (Å²) in [6.07, 6.45) is 19.4. The fourth-order valence-electron chi connectivity index (χ4n) is 7.45. The Kier molecular flexibility index (Phi) is 7.71. The molecule has 0 heterocycles. The van der Waals surface area contributed by atoms with E-state index < -0.39 is 0 Å². The highest BCUT2D eigenvalue weighted by Crippen LogP contribution is 2.67. The van der Waals surface area contributed by atoms with Crippen LogP contribution in [0.25, 0.3) is 0 Å². The van der Waals surface area contributed by atoms with Gasteiger partial charge in [0.05, 0.1) is 0 Å². The van der Waals surface area contributed by atoms with Gasteiger partial charge in [-0.3, -0.25) is 0 Å². The van der Waals surface area contributed by atoms with E-state index in [1.807, 2.05) is 0 Å². The monoisotopic (exact) mass is 464 g/mol. The normalized spacial score (nSPS) is 25.9. The third-order valence-electron chi connectivity index (χ3n) is 8.94. The molecule has 2 aromatic rings. The van der Waals surface area contributed by atoms with Gasteiger partial charge in [0.1, 0.15) is 0 Å². The van der Waals surface area contributed by atoms with Crippen molar-refractivity contribution in [2.24, 2.45) is 5.92 Å². The van der Waals surface area contributed by atoms with Crippen LogP contribution in [0, 0.1) is 5.92 Å². The summed E-state index contributed by atoms with van der Waals surface area (Å²) in [6.45, 7) is 0. The van der Waals surface area contributed by atoms with Gasteiger partial charge in [0.2, 0.25) is 0 Å². The molecule has 0 radical (unpaired) electrons. The van der Waals surface area contributed by atoms with Crippen molar-refractivity contribution in [1.29, 1.82) is 0 Å². The lowest BCUT2D eigenvalue weighted by Crippen LogP contribution is -2.38. The van der Waals surface area contributed by atoms with Crippen LogP contribution in [-0.4, -0.2) is 17.0 Å². The lowest BCUT2D eigenvalue weighted by atomic mass is 9.78. The second-order valence-electron chi connectivity index (χ2n) is 10.7. The smallest absolute Gasteiger partial charge is 0.0378 e. The van der Waals surface area contributed by atoms with Gasteiger partial charge in [-0.05, 0) is 72.5 Å². The maximum absolute atomic E-state index is 3.45. The van der Waals surface area contributed by atoms with Gasteiger partial charge >= 0.3 is 0 Å². The van der Waals surface area contributed by atoms with Crippen LogP contribution in [0.5, 0.6) is 0 Å². The van der Waals surface area contributed by atoms with Gasteiger partial charge in [0.15, 0.2) is 0 Å². The Morgan fingerprint density at radius 2 is 1.03 bits per heavy atom. The van der Waals surface area contributed by atoms with Crippen LogP contribution in [0.2, 0.25) is 0 Å². The van der Waals surface area contributed by atoms with E-state index in [9.17, 15) is 0 Å². The second kappa shape index (κ2) is 10.7. The van der Waals surface area contributed by atoms with Crippen molar-refractivity contribution in [3.05, 3.63) is 71.8 Å².